The Hall–Kier alpha value is -3.09. The Bertz CT molecular complexity index is 1140. The molecule has 34 heavy (non-hydrogen) atoms. The number of halogens is 1. The molecule has 0 aliphatic carbocycles. The highest BCUT2D eigenvalue weighted by atomic mass is 35.5. The number of nitrogens with one attached hydrogen (secondary N) is 2. The van der Waals surface area contributed by atoms with E-state index in [1.54, 1.807) is 24.3 Å². The van der Waals surface area contributed by atoms with Gasteiger partial charge in [0.1, 0.15) is 11.5 Å². The van der Waals surface area contributed by atoms with Gasteiger partial charge < -0.3 is 20.1 Å². The Morgan fingerprint density at radius 3 is 2.59 bits per heavy atom. The molecule has 0 aromatic heterocycles. The first kappa shape index (κ1) is 24.0. The minimum Gasteiger partial charge on any atom is -0.455 e. The van der Waals surface area contributed by atoms with Crippen molar-refractivity contribution in [3.63, 3.8) is 0 Å². The lowest BCUT2D eigenvalue weighted by Gasteiger charge is -2.23. The van der Waals surface area contributed by atoms with E-state index in [-0.39, 0.29) is 11.8 Å². The van der Waals surface area contributed by atoms with Gasteiger partial charge in [0, 0.05) is 34.8 Å². The number of carbonyl (C=O) groups is 1. The molecular weight excluding hydrogens is 468 g/mol. The lowest BCUT2D eigenvalue weighted by molar-refractivity contribution is -0.00272. The van der Waals surface area contributed by atoms with Gasteiger partial charge in [-0.3, -0.25) is 4.79 Å². The van der Waals surface area contributed by atoms with Gasteiger partial charge in [0.25, 0.3) is 5.91 Å². The van der Waals surface area contributed by atoms with Crippen molar-refractivity contribution < 1.29 is 14.3 Å². The number of ether oxygens (including phenoxy) is 2. The van der Waals surface area contributed by atoms with E-state index in [4.69, 9.17) is 33.3 Å². The Morgan fingerprint density at radius 1 is 1.09 bits per heavy atom. The van der Waals surface area contributed by atoms with Gasteiger partial charge in [-0.05, 0) is 55.0 Å². The maximum Gasteiger partial charge on any atom is 0.256 e. The molecule has 4 rings (SSSR count). The van der Waals surface area contributed by atoms with Crippen LogP contribution in [-0.4, -0.2) is 23.7 Å². The van der Waals surface area contributed by atoms with Crippen LogP contribution in [-0.2, 0) is 0 Å². The zero-order valence-electron chi connectivity index (χ0n) is 18.9. The second kappa shape index (κ2) is 11.4. The maximum atomic E-state index is 12.7. The van der Waals surface area contributed by atoms with Gasteiger partial charge in [-0.2, -0.15) is 0 Å². The third-order valence-corrected chi connectivity index (χ3v) is 6.27. The van der Waals surface area contributed by atoms with E-state index >= 15 is 0 Å². The van der Waals surface area contributed by atoms with Crippen molar-refractivity contribution in [2.24, 2.45) is 0 Å². The monoisotopic (exact) mass is 494 g/mol. The number of hydrogen-bond donors (Lipinski definition) is 2. The molecule has 3 aromatic carbocycles. The molecule has 2 atom stereocenters. The van der Waals surface area contributed by atoms with E-state index in [0.717, 1.165) is 30.5 Å². The maximum absolute atomic E-state index is 12.7. The number of benzene rings is 3. The van der Waals surface area contributed by atoms with Crippen molar-refractivity contribution >= 4 is 40.4 Å². The molecule has 0 spiro atoms. The first-order valence-corrected chi connectivity index (χ1v) is 12.2. The highest BCUT2D eigenvalue weighted by Crippen LogP contribution is 2.40. The quantitative estimate of drug-likeness (QED) is 0.260. The average molecular weight is 495 g/mol. The van der Waals surface area contributed by atoms with Crippen molar-refractivity contribution in [2.45, 2.75) is 38.4 Å². The van der Waals surface area contributed by atoms with Gasteiger partial charge in [-0.15, -0.1) is 0 Å². The van der Waals surface area contributed by atoms with Crippen LogP contribution in [0.3, 0.4) is 0 Å². The van der Waals surface area contributed by atoms with E-state index in [1.165, 1.54) is 0 Å². The van der Waals surface area contributed by atoms with Crippen LogP contribution in [0, 0.1) is 0 Å². The van der Waals surface area contributed by atoms with Crippen LogP contribution in [0.25, 0.3) is 0 Å². The summed E-state index contributed by atoms with van der Waals surface area (Å²) >= 11 is 11.7. The largest absolute Gasteiger partial charge is 0.455 e. The van der Waals surface area contributed by atoms with E-state index < -0.39 is 6.29 Å². The van der Waals surface area contributed by atoms with E-state index in [1.807, 2.05) is 48.5 Å². The van der Waals surface area contributed by atoms with Crippen LogP contribution in [0.2, 0.25) is 5.02 Å². The standard InChI is InChI=1S/C27H27ClN2O3S/c1-2-3-12-24(32-20-15-13-19(28)14-16-20)33-23-11-7-10-22-25(23)21(17-29-22)27(34)30-26(31)18-8-5-4-6-9-18/h4-11,13-16,21,24,29H,2-3,12,17H2,1H3,(H,30,31,34). The fraction of sp³-hybridized carbons (Fsp3) is 0.259. The molecule has 0 fully saturated rings. The van der Waals surface area contributed by atoms with Crippen LogP contribution in [0.4, 0.5) is 5.69 Å². The minimum atomic E-state index is -0.471. The summed E-state index contributed by atoms with van der Waals surface area (Å²) in [5, 5.41) is 6.93. The number of hydrogen-bond acceptors (Lipinski definition) is 5. The van der Waals surface area contributed by atoms with Crippen LogP contribution in [0.5, 0.6) is 11.5 Å². The number of rotatable bonds is 9. The number of unbranched alkanes of at least 4 members (excludes halogenated alkanes) is 1. The molecule has 176 valence electrons. The van der Waals surface area contributed by atoms with E-state index in [2.05, 4.69) is 17.6 Å². The van der Waals surface area contributed by atoms with Crippen LogP contribution in [0.1, 0.15) is 48.0 Å². The summed E-state index contributed by atoms with van der Waals surface area (Å²) in [7, 11) is 0. The summed E-state index contributed by atoms with van der Waals surface area (Å²) < 4.78 is 12.5. The third kappa shape index (κ3) is 5.88. The Balaban J connectivity index is 1.53. The molecule has 1 heterocycles. The molecule has 1 aliphatic heterocycles. The molecule has 0 saturated carbocycles. The minimum absolute atomic E-state index is 0.198. The lowest BCUT2D eigenvalue weighted by atomic mass is 9.99. The molecule has 0 saturated heterocycles. The van der Waals surface area contributed by atoms with Crippen molar-refractivity contribution in [1.29, 1.82) is 0 Å². The molecule has 0 radical (unpaired) electrons. The van der Waals surface area contributed by atoms with Gasteiger partial charge in [0.2, 0.25) is 6.29 Å². The highest BCUT2D eigenvalue weighted by Gasteiger charge is 2.31. The number of thiocarbonyl (C=S) groups is 1. The Morgan fingerprint density at radius 2 is 1.85 bits per heavy atom. The van der Waals surface area contributed by atoms with Crippen molar-refractivity contribution in [2.75, 3.05) is 11.9 Å². The Labute approximate surface area is 210 Å². The van der Waals surface area contributed by atoms with Gasteiger partial charge in [-0.25, -0.2) is 0 Å². The molecule has 2 unspecified atom stereocenters. The molecule has 1 amide bonds. The molecular formula is C27H27ClN2O3S. The predicted octanol–water partition coefficient (Wildman–Crippen LogP) is 6.58. The molecule has 2 N–H and O–H groups in total. The average Bonchev–Trinajstić information content (AvgIpc) is 3.30. The second-order valence-electron chi connectivity index (χ2n) is 8.10. The normalized spacial score (nSPS) is 15.1. The van der Waals surface area contributed by atoms with Crippen LogP contribution >= 0.6 is 23.8 Å². The molecule has 1 aliphatic rings. The SMILES string of the molecule is CCCCC(Oc1ccc(Cl)cc1)Oc1cccc2c1C(C(=S)NC(=O)c1ccccc1)CN2. The van der Waals surface area contributed by atoms with Gasteiger partial charge in [0.15, 0.2) is 0 Å². The van der Waals surface area contributed by atoms with Crippen LogP contribution < -0.4 is 20.1 Å². The molecule has 5 nitrogen and oxygen atoms in total. The van der Waals surface area contributed by atoms with Crippen molar-refractivity contribution in [1.82, 2.24) is 5.32 Å². The van der Waals surface area contributed by atoms with Gasteiger partial charge in [0.05, 0.1) is 10.9 Å². The summed E-state index contributed by atoms with van der Waals surface area (Å²) in [5.74, 6) is 0.970. The second-order valence-corrected chi connectivity index (χ2v) is 8.97. The topological polar surface area (TPSA) is 59.6 Å². The number of fused-ring (bicyclic) bond motifs is 1. The van der Waals surface area contributed by atoms with Crippen molar-refractivity contribution in [3.8, 4) is 11.5 Å². The number of amides is 1. The first-order valence-electron chi connectivity index (χ1n) is 11.4. The van der Waals surface area contributed by atoms with Crippen LogP contribution in [0.15, 0.2) is 72.8 Å². The molecule has 3 aromatic rings. The lowest BCUT2D eigenvalue weighted by Crippen LogP contribution is -2.34. The van der Waals surface area contributed by atoms with E-state index in [0.29, 0.717) is 33.6 Å². The van der Waals surface area contributed by atoms with Gasteiger partial charge in [-0.1, -0.05) is 61.4 Å². The first-order chi connectivity index (χ1) is 16.5. The number of carbonyl (C=O) groups excluding carboxylic acids is 1. The summed E-state index contributed by atoms with van der Waals surface area (Å²) in [5.41, 5.74) is 2.44. The molecule has 7 heteroatoms. The molecule has 0 bridgehead atoms. The fourth-order valence-corrected chi connectivity index (χ4v) is 4.30. The summed E-state index contributed by atoms with van der Waals surface area (Å²) in [6.07, 6.45) is 2.24. The summed E-state index contributed by atoms with van der Waals surface area (Å²) in [4.78, 5) is 13.1. The third-order valence-electron chi connectivity index (χ3n) is 5.63. The predicted molar refractivity (Wildman–Crippen MR) is 140 cm³/mol. The summed E-state index contributed by atoms with van der Waals surface area (Å²) in [6.45, 7) is 2.72. The number of anilines is 1. The zero-order valence-corrected chi connectivity index (χ0v) is 20.5. The summed E-state index contributed by atoms with van der Waals surface area (Å²) in [6, 6.07) is 22.2. The fourth-order valence-electron chi connectivity index (χ4n) is 3.88. The van der Waals surface area contributed by atoms with Crippen molar-refractivity contribution in [3.05, 3.63) is 88.9 Å². The van der Waals surface area contributed by atoms with E-state index in [9.17, 15) is 4.79 Å². The zero-order chi connectivity index (χ0) is 23.9. The van der Waals surface area contributed by atoms with Gasteiger partial charge >= 0.3 is 0 Å². The smallest absolute Gasteiger partial charge is 0.256 e. The highest BCUT2D eigenvalue weighted by molar-refractivity contribution is 7.80. The Kier molecular flexibility index (Phi) is 8.03.